The van der Waals surface area contributed by atoms with Crippen LogP contribution >= 0.6 is 10.3 Å². The maximum atomic E-state index is 11.0. The molecule has 0 radical (unpaired) electrons. The number of allylic oxidation sites excluding steroid dienone is 1. The fraction of sp³-hybridized carbons (Fsp3) is 0.850. The van der Waals surface area contributed by atoms with Crippen molar-refractivity contribution in [3.8, 4) is 0 Å². The van der Waals surface area contributed by atoms with Crippen molar-refractivity contribution >= 4 is 16.3 Å². The molecule has 25 heavy (non-hydrogen) atoms. The van der Waals surface area contributed by atoms with Crippen molar-refractivity contribution in [3.05, 3.63) is 12.3 Å². The maximum absolute atomic E-state index is 11.0. The summed E-state index contributed by atoms with van der Waals surface area (Å²) in [4.78, 5) is 11.0. The molecule has 0 aromatic rings. The summed E-state index contributed by atoms with van der Waals surface area (Å²) in [5.74, 6) is 0.236. The highest BCUT2D eigenvalue weighted by molar-refractivity contribution is 8.29. The molecule has 0 amide bonds. The summed E-state index contributed by atoms with van der Waals surface area (Å²) in [5, 5.41) is 9.06. The molecule has 0 heterocycles. The first-order valence-electron chi connectivity index (χ1n) is 8.94. The van der Waals surface area contributed by atoms with Crippen molar-refractivity contribution < 1.29 is 18.8 Å². The van der Waals surface area contributed by atoms with Crippen LogP contribution in [0.4, 0.5) is 0 Å². The number of hydrogen-bond donors (Lipinski definition) is 1. The lowest BCUT2D eigenvalue weighted by Crippen LogP contribution is -2.30. The van der Waals surface area contributed by atoms with Crippen LogP contribution in [-0.2, 0) is 13.7 Å². The van der Waals surface area contributed by atoms with Crippen LogP contribution in [0.15, 0.2) is 12.3 Å². The van der Waals surface area contributed by atoms with E-state index < -0.39 is 16.3 Å². The van der Waals surface area contributed by atoms with Crippen LogP contribution in [0.5, 0.6) is 0 Å². The minimum absolute atomic E-state index is 0.0775. The first-order valence-corrected chi connectivity index (χ1v) is 11.3. The van der Waals surface area contributed by atoms with Crippen LogP contribution in [0.2, 0.25) is 0 Å². The zero-order chi connectivity index (χ0) is 20.2. The van der Waals surface area contributed by atoms with Gasteiger partial charge in [0.05, 0.1) is 17.8 Å². The van der Waals surface area contributed by atoms with E-state index in [-0.39, 0.29) is 22.4 Å². The van der Waals surface area contributed by atoms with E-state index >= 15 is 0 Å². The topological polar surface area (TPSA) is 55.8 Å². The van der Waals surface area contributed by atoms with E-state index in [1.807, 2.05) is 27.7 Å². The number of carboxylic acids is 1. The molecule has 0 aliphatic heterocycles. The second-order valence-corrected chi connectivity index (χ2v) is 13.3. The molecular weight excluding hydrogens is 336 g/mol. The first-order chi connectivity index (χ1) is 11.0. The Labute approximate surface area is 156 Å². The summed E-state index contributed by atoms with van der Waals surface area (Å²) in [6.45, 7) is 20.2. The van der Waals surface area contributed by atoms with Gasteiger partial charge in [-0.3, -0.25) is 4.79 Å². The van der Waals surface area contributed by atoms with Crippen LogP contribution in [-0.4, -0.2) is 40.0 Å². The van der Waals surface area contributed by atoms with Gasteiger partial charge in [-0.2, -0.15) is 0 Å². The van der Waals surface area contributed by atoms with E-state index in [0.29, 0.717) is 12.3 Å². The molecule has 0 aromatic heterocycles. The van der Waals surface area contributed by atoms with Crippen molar-refractivity contribution in [1.29, 1.82) is 0 Å². The molecule has 0 bridgehead atoms. The van der Waals surface area contributed by atoms with Gasteiger partial charge >= 0.3 is 5.97 Å². The maximum Gasteiger partial charge on any atom is 0.306 e. The van der Waals surface area contributed by atoms with Gasteiger partial charge in [-0.25, -0.2) is 0 Å². The molecule has 0 spiro atoms. The quantitative estimate of drug-likeness (QED) is 0.647. The Morgan fingerprint density at radius 1 is 1.12 bits per heavy atom. The monoisotopic (exact) mass is 376 g/mol. The van der Waals surface area contributed by atoms with Crippen LogP contribution in [0.1, 0.15) is 68.2 Å². The van der Waals surface area contributed by atoms with Crippen molar-refractivity contribution in [2.45, 2.75) is 84.7 Å². The number of aliphatic carboxylic acids is 1. The number of carboxylic acid groups (broad SMARTS) is 1. The third-order valence-corrected chi connectivity index (χ3v) is 8.15. The molecule has 1 fully saturated rings. The molecule has 150 valence electrons. The molecule has 3 atom stereocenters. The molecule has 1 aliphatic rings. The van der Waals surface area contributed by atoms with E-state index in [1.165, 1.54) is 0 Å². The molecule has 1 saturated carbocycles. The summed E-state index contributed by atoms with van der Waals surface area (Å²) in [6, 6.07) is 0. The minimum Gasteiger partial charge on any atom is -0.493 e. The number of ether oxygens (including phenoxy) is 1. The fourth-order valence-corrected chi connectivity index (χ4v) is 3.70. The smallest absolute Gasteiger partial charge is 0.306 e. The van der Waals surface area contributed by atoms with Gasteiger partial charge in [0.25, 0.3) is 0 Å². The standard InChI is InChI=1S/C13H26O3S.C7H14O/c1-9-7-10(12(14)15)8-11(9)16-17(5,6)13(2,3)4;1-6(2)8-7(3,4)5/h9-11H,7-8H2,1-6H3,(H,14,15);1H2,2-5H3/t9-,10+,11+;/m1./s1. The van der Waals surface area contributed by atoms with Crippen molar-refractivity contribution in [2.75, 3.05) is 12.5 Å². The van der Waals surface area contributed by atoms with Gasteiger partial charge in [-0.15, -0.1) is 10.3 Å². The number of hydrogen-bond acceptors (Lipinski definition) is 3. The van der Waals surface area contributed by atoms with Crippen molar-refractivity contribution in [3.63, 3.8) is 0 Å². The lowest BCUT2D eigenvalue weighted by atomic mass is 10.1. The average molecular weight is 377 g/mol. The zero-order valence-electron chi connectivity index (χ0n) is 17.9. The zero-order valence-corrected chi connectivity index (χ0v) is 18.8. The molecular formula is C20H40O4S. The Morgan fingerprint density at radius 3 is 1.84 bits per heavy atom. The predicted molar refractivity (Wildman–Crippen MR) is 109 cm³/mol. The summed E-state index contributed by atoms with van der Waals surface area (Å²) >= 11 is 0. The van der Waals surface area contributed by atoms with Crippen LogP contribution < -0.4 is 0 Å². The summed E-state index contributed by atoms with van der Waals surface area (Å²) < 4.78 is 11.7. The van der Waals surface area contributed by atoms with Gasteiger partial charge < -0.3 is 14.0 Å². The van der Waals surface area contributed by atoms with Gasteiger partial charge in [0.15, 0.2) is 0 Å². The normalized spacial score (nSPS) is 25.0. The molecule has 1 rings (SSSR count). The molecule has 4 nitrogen and oxygen atoms in total. The van der Waals surface area contributed by atoms with Crippen LogP contribution in [0.3, 0.4) is 0 Å². The summed E-state index contributed by atoms with van der Waals surface area (Å²) in [7, 11) is -1.16. The highest BCUT2D eigenvalue weighted by atomic mass is 32.3. The van der Waals surface area contributed by atoms with E-state index in [0.717, 1.165) is 12.2 Å². The van der Waals surface area contributed by atoms with Crippen LogP contribution in [0, 0.1) is 11.8 Å². The third kappa shape index (κ3) is 9.00. The van der Waals surface area contributed by atoms with Crippen molar-refractivity contribution in [1.82, 2.24) is 0 Å². The van der Waals surface area contributed by atoms with Crippen LogP contribution in [0.25, 0.3) is 0 Å². The fourth-order valence-electron chi connectivity index (χ4n) is 2.52. The van der Waals surface area contributed by atoms with Crippen molar-refractivity contribution in [2.24, 2.45) is 11.8 Å². The Hall–Kier alpha value is -0.680. The summed E-state index contributed by atoms with van der Waals surface area (Å²) in [5.41, 5.74) is -0.0775. The Bertz CT molecular complexity index is 457. The SMILES string of the molecule is C=C(C)OC(C)(C)C.C[C@@H]1C[C@H](C(=O)O)C[C@@H]1OS(C)(C)C(C)(C)C. The molecule has 5 heteroatoms. The van der Waals surface area contributed by atoms with Gasteiger partial charge in [0.1, 0.15) is 5.60 Å². The van der Waals surface area contributed by atoms with E-state index in [2.05, 4.69) is 46.8 Å². The van der Waals surface area contributed by atoms with E-state index in [4.69, 9.17) is 14.0 Å². The first kappa shape index (κ1) is 24.3. The molecule has 0 saturated heterocycles. The van der Waals surface area contributed by atoms with E-state index in [1.54, 1.807) is 0 Å². The average Bonchev–Trinajstić information content (AvgIpc) is 2.66. The Morgan fingerprint density at radius 2 is 1.60 bits per heavy atom. The van der Waals surface area contributed by atoms with E-state index in [9.17, 15) is 4.79 Å². The highest BCUT2D eigenvalue weighted by Crippen LogP contribution is 2.56. The second kappa shape index (κ2) is 8.81. The Kier molecular flexibility index (Phi) is 8.57. The van der Waals surface area contributed by atoms with Gasteiger partial charge in [0.2, 0.25) is 0 Å². The minimum atomic E-state index is -1.16. The largest absolute Gasteiger partial charge is 0.493 e. The third-order valence-electron chi connectivity index (χ3n) is 4.48. The number of rotatable bonds is 4. The second-order valence-electron chi connectivity index (χ2n) is 9.38. The lowest BCUT2D eigenvalue weighted by Gasteiger charge is -2.46. The highest BCUT2D eigenvalue weighted by Gasteiger charge is 2.40. The molecule has 1 N–H and O–H groups in total. The number of carbonyl (C=O) groups is 1. The molecule has 0 unspecified atom stereocenters. The molecule has 0 aromatic carbocycles. The predicted octanol–water partition coefficient (Wildman–Crippen LogP) is 5.62. The van der Waals surface area contributed by atoms with Gasteiger partial charge in [-0.1, -0.05) is 34.3 Å². The molecule has 1 aliphatic carbocycles. The van der Waals surface area contributed by atoms with Gasteiger partial charge in [0, 0.05) is 4.75 Å². The Balaban J connectivity index is 0.000000609. The summed E-state index contributed by atoms with van der Waals surface area (Å²) in [6.07, 6.45) is 5.88. The lowest BCUT2D eigenvalue weighted by molar-refractivity contribution is -0.141. The van der Waals surface area contributed by atoms with Gasteiger partial charge in [-0.05, 0) is 59.0 Å².